The Morgan fingerprint density at radius 2 is 1.61 bits per heavy atom. The van der Waals surface area contributed by atoms with Gasteiger partial charge in [-0.3, -0.25) is 0 Å². The van der Waals surface area contributed by atoms with Crippen molar-refractivity contribution < 1.29 is 8.42 Å². The average molecular weight is 260 g/mol. The number of benzene rings is 2. The highest BCUT2D eigenvalue weighted by Crippen LogP contribution is 2.28. The summed E-state index contributed by atoms with van der Waals surface area (Å²) < 4.78 is 25.0. The average Bonchev–Trinajstić information content (AvgIpc) is 2.39. The van der Waals surface area contributed by atoms with Crippen LogP contribution in [0.2, 0.25) is 0 Å². The highest BCUT2D eigenvalue weighted by Gasteiger charge is 2.24. The van der Waals surface area contributed by atoms with Gasteiger partial charge in [0.1, 0.15) is 0 Å². The second kappa shape index (κ2) is 4.94. The lowest BCUT2D eigenvalue weighted by molar-refractivity contribution is 0.586. The fourth-order valence-corrected chi connectivity index (χ4v) is 3.44. The summed E-state index contributed by atoms with van der Waals surface area (Å²) in [6.07, 6.45) is 0. The molecule has 0 aliphatic carbocycles. The van der Waals surface area contributed by atoms with Crippen molar-refractivity contribution in [3.63, 3.8) is 0 Å². The summed E-state index contributed by atoms with van der Waals surface area (Å²) >= 11 is 0. The predicted molar refractivity (Wildman–Crippen MR) is 73.2 cm³/mol. The second-order valence-corrected chi connectivity index (χ2v) is 6.68. The highest BCUT2D eigenvalue weighted by molar-refractivity contribution is 7.91. The van der Waals surface area contributed by atoms with Gasteiger partial charge >= 0.3 is 0 Å². The van der Waals surface area contributed by atoms with Crippen LogP contribution in [0.3, 0.4) is 0 Å². The molecule has 2 nitrogen and oxygen atoms in total. The summed E-state index contributed by atoms with van der Waals surface area (Å²) in [5, 5.41) is -0.527. The van der Waals surface area contributed by atoms with E-state index in [0.717, 1.165) is 11.1 Å². The molecule has 0 bridgehead atoms. The molecule has 3 heteroatoms. The zero-order valence-corrected chi connectivity index (χ0v) is 11.3. The van der Waals surface area contributed by atoms with Crippen molar-refractivity contribution in [1.82, 2.24) is 0 Å². The molecule has 2 aromatic carbocycles. The lowest BCUT2D eigenvalue weighted by Gasteiger charge is -2.13. The largest absolute Gasteiger partial charge is 0.223 e. The van der Waals surface area contributed by atoms with E-state index in [1.54, 1.807) is 25.1 Å². The first kappa shape index (κ1) is 12.8. The first-order chi connectivity index (χ1) is 8.51. The zero-order chi connectivity index (χ0) is 13.2. The molecular formula is C15H16O2S. The van der Waals surface area contributed by atoms with Crippen molar-refractivity contribution >= 4 is 9.84 Å². The van der Waals surface area contributed by atoms with Crippen LogP contribution in [0.5, 0.6) is 0 Å². The zero-order valence-electron chi connectivity index (χ0n) is 10.5. The van der Waals surface area contributed by atoms with Crippen molar-refractivity contribution in [3.8, 4) is 0 Å². The smallest absolute Gasteiger partial charge is 0.185 e. The van der Waals surface area contributed by atoms with Gasteiger partial charge < -0.3 is 0 Å². The van der Waals surface area contributed by atoms with Crippen molar-refractivity contribution in [2.75, 3.05) is 0 Å². The third-order valence-corrected chi connectivity index (χ3v) is 5.17. The fraction of sp³-hybridized carbons (Fsp3) is 0.200. The Morgan fingerprint density at radius 3 is 2.22 bits per heavy atom. The summed E-state index contributed by atoms with van der Waals surface area (Å²) in [5.41, 5.74) is 1.77. The van der Waals surface area contributed by atoms with Gasteiger partial charge in [0, 0.05) is 0 Å². The molecule has 0 amide bonds. The van der Waals surface area contributed by atoms with E-state index in [1.807, 2.05) is 43.3 Å². The molecule has 0 aliphatic heterocycles. The van der Waals surface area contributed by atoms with Crippen molar-refractivity contribution in [1.29, 1.82) is 0 Å². The van der Waals surface area contributed by atoms with Crippen molar-refractivity contribution in [3.05, 3.63) is 65.7 Å². The van der Waals surface area contributed by atoms with Crippen LogP contribution in [0.15, 0.2) is 59.5 Å². The number of aryl methyl sites for hydroxylation is 1. The first-order valence-corrected chi connectivity index (χ1v) is 7.42. The molecule has 0 heterocycles. The molecule has 0 radical (unpaired) electrons. The summed E-state index contributed by atoms with van der Waals surface area (Å²) in [7, 11) is -3.31. The third kappa shape index (κ3) is 2.46. The van der Waals surface area contributed by atoms with Crippen LogP contribution in [0, 0.1) is 6.92 Å². The Kier molecular flexibility index (Phi) is 3.53. The minimum Gasteiger partial charge on any atom is -0.223 e. The molecule has 2 rings (SSSR count). The van der Waals surface area contributed by atoms with Gasteiger partial charge in [0.25, 0.3) is 0 Å². The minimum absolute atomic E-state index is 0.388. The molecule has 0 aliphatic rings. The number of rotatable bonds is 3. The molecular weight excluding hydrogens is 244 g/mol. The maximum Gasteiger partial charge on any atom is 0.185 e. The molecule has 2 aromatic rings. The van der Waals surface area contributed by atoms with Gasteiger partial charge in [-0.2, -0.15) is 0 Å². The van der Waals surface area contributed by atoms with E-state index < -0.39 is 15.1 Å². The molecule has 0 spiro atoms. The number of hydrogen-bond acceptors (Lipinski definition) is 2. The van der Waals surface area contributed by atoms with Crippen molar-refractivity contribution in [2.45, 2.75) is 24.0 Å². The van der Waals surface area contributed by atoms with E-state index in [4.69, 9.17) is 0 Å². The Balaban J connectivity index is 2.44. The van der Waals surface area contributed by atoms with Gasteiger partial charge in [0.15, 0.2) is 9.84 Å². The van der Waals surface area contributed by atoms with E-state index in [9.17, 15) is 8.42 Å². The van der Waals surface area contributed by atoms with Crippen LogP contribution < -0.4 is 0 Å². The molecule has 0 fully saturated rings. The molecule has 94 valence electrons. The Hall–Kier alpha value is -1.61. The third-order valence-electron chi connectivity index (χ3n) is 3.05. The molecule has 18 heavy (non-hydrogen) atoms. The normalized spacial score (nSPS) is 13.2. The number of hydrogen-bond donors (Lipinski definition) is 0. The van der Waals surface area contributed by atoms with Gasteiger partial charge in [-0.05, 0) is 37.1 Å². The molecule has 0 unspecified atom stereocenters. The monoisotopic (exact) mass is 260 g/mol. The van der Waals surface area contributed by atoms with Gasteiger partial charge in [0.2, 0.25) is 0 Å². The topological polar surface area (TPSA) is 34.1 Å². The van der Waals surface area contributed by atoms with E-state index in [0.29, 0.717) is 4.90 Å². The summed E-state index contributed by atoms with van der Waals surface area (Å²) in [6.45, 7) is 3.62. The highest BCUT2D eigenvalue weighted by atomic mass is 32.2. The van der Waals surface area contributed by atoms with E-state index >= 15 is 0 Å². The van der Waals surface area contributed by atoms with Crippen molar-refractivity contribution in [2.24, 2.45) is 0 Å². The summed E-state index contributed by atoms with van der Waals surface area (Å²) in [4.78, 5) is 0.388. The van der Waals surface area contributed by atoms with E-state index in [2.05, 4.69) is 0 Å². The second-order valence-electron chi connectivity index (χ2n) is 4.41. The Bertz CT molecular complexity index is 631. The first-order valence-electron chi connectivity index (χ1n) is 5.87. The van der Waals surface area contributed by atoms with Crippen LogP contribution in [0.4, 0.5) is 0 Å². The lowest BCUT2D eigenvalue weighted by Crippen LogP contribution is -2.10. The lowest BCUT2D eigenvalue weighted by atomic mass is 10.2. The molecule has 1 atom stereocenters. The van der Waals surface area contributed by atoms with E-state index in [1.165, 1.54) is 0 Å². The quantitative estimate of drug-likeness (QED) is 0.846. The minimum atomic E-state index is -3.31. The summed E-state index contributed by atoms with van der Waals surface area (Å²) in [6, 6.07) is 16.3. The maximum absolute atomic E-state index is 12.5. The molecule has 0 saturated carbocycles. The maximum atomic E-state index is 12.5. The SMILES string of the molecule is Cc1cccc(S(=O)(=O)[C@H](C)c2ccccc2)c1. The van der Waals surface area contributed by atoms with E-state index in [-0.39, 0.29) is 0 Å². The van der Waals surface area contributed by atoms with Gasteiger partial charge in [-0.15, -0.1) is 0 Å². The summed E-state index contributed by atoms with van der Waals surface area (Å²) in [5.74, 6) is 0. The predicted octanol–water partition coefficient (Wildman–Crippen LogP) is 3.53. The fourth-order valence-electron chi connectivity index (χ4n) is 1.90. The van der Waals surface area contributed by atoms with Gasteiger partial charge in [0.05, 0.1) is 10.1 Å². The Morgan fingerprint density at radius 1 is 0.944 bits per heavy atom. The Labute approximate surface area is 108 Å². The van der Waals surface area contributed by atoms with Crippen LogP contribution in [0.1, 0.15) is 23.3 Å². The van der Waals surface area contributed by atoms with Crippen LogP contribution in [-0.4, -0.2) is 8.42 Å². The van der Waals surface area contributed by atoms with Crippen LogP contribution in [0.25, 0.3) is 0 Å². The van der Waals surface area contributed by atoms with Crippen LogP contribution in [-0.2, 0) is 9.84 Å². The number of sulfone groups is 1. The van der Waals surface area contributed by atoms with Gasteiger partial charge in [-0.25, -0.2) is 8.42 Å². The standard InChI is InChI=1S/C15H16O2S/c1-12-7-6-10-15(11-12)18(16,17)13(2)14-8-4-3-5-9-14/h3-11,13H,1-2H3/t13-/m1/s1. The molecule has 0 N–H and O–H groups in total. The van der Waals surface area contributed by atoms with Crippen LogP contribution >= 0.6 is 0 Å². The molecule has 0 saturated heterocycles. The van der Waals surface area contributed by atoms with Gasteiger partial charge in [-0.1, -0.05) is 42.5 Å². The molecule has 0 aromatic heterocycles.